The zero-order chi connectivity index (χ0) is 12.3. The number of hydrogen-bond donors (Lipinski definition) is 0. The molecular formula is C15H23NO. The summed E-state index contributed by atoms with van der Waals surface area (Å²) in [5.41, 5.74) is 2.58. The quantitative estimate of drug-likeness (QED) is 0.781. The van der Waals surface area contributed by atoms with Crippen LogP contribution >= 0.6 is 0 Å². The number of nitrogens with zero attached hydrogens (tertiary/aromatic N) is 1. The van der Waals surface area contributed by atoms with Crippen LogP contribution in [0.25, 0.3) is 0 Å². The minimum absolute atomic E-state index is 0.145. The van der Waals surface area contributed by atoms with Crippen molar-refractivity contribution in [2.45, 2.75) is 45.4 Å². The van der Waals surface area contributed by atoms with Crippen molar-refractivity contribution in [1.29, 1.82) is 0 Å². The van der Waals surface area contributed by atoms with Crippen LogP contribution < -0.4 is 0 Å². The molecule has 0 aliphatic carbocycles. The molecule has 0 bridgehead atoms. The van der Waals surface area contributed by atoms with Gasteiger partial charge in [0.1, 0.15) is 0 Å². The molecule has 1 aromatic rings. The van der Waals surface area contributed by atoms with E-state index in [1.165, 1.54) is 24.2 Å². The highest BCUT2D eigenvalue weighted by atomic mass is 16.5. The fourth-order valence-electron chi connectivity index (χ4n) is 2.26. The molecule has 1 fully saturated rings. The Morgan fingerprint density at radius 2 is 1.94 bits per heavy atom. The van der Waals surface area contributed by atoms with Gasteiger partial charge in [-0.2, -0.15) is 0 Å². The molecule has 2 heterocycles. The molecule has 1 aliphatic rings. The van der Waals surface area contributed by atoms with Crippen molar-refractivity contribution in [3.05, 3.63) is 29.6 Å². The molecule has 0 aromatic carbocycles. The largest absolute Gasteiger partial charge is 0.381 e. The van der Waals surface area contributed by atoms with Gasteiger partial charge in [-0.25, -0.2) is 0 Å². The Balaban J connectivity index is 2.05. The van der Waals surface area contributed by atoms with Crippen LogP contribution in [0.1, 0.15) is 45.0 Å². The topological polar surface area (TPSA) is 22.1 Å². The first-order valence-corrected chi connectivity index (χ1v) is 6.60. The Hall–Kier alpha value is -0.890. The van der Waals surface area contributed by atoms with E-state index in [-0.39, 0.29) is 5.41 Å². The first-order chi connectivity index (χ1) is 8.05. The van der Waals surface area contributed by atoms with Crippen LogP contribution in [0.3, 0.4) is 0 Å². The van der Waals surface area contributed by atoms with E-state index in [1.807, 2.05) is 0 Å². The fraction of sp³-hybridized carbons (Fsp3) is 0.667. The van der Waals surface area contributed by atoms with E-state index >= 15 is 0 Å². The third-order valence-corrected chi connectivity index (χ3v) is 3.41. The molecule has 0 radical (unpaired) electrons. The van der Waals surface area contributed by atoms with Crippen LogP contribution in [-0.2, 0) is 16.6 Å². The molecule has 0 spiro atoms. The van der Waals surface area contributed by atoms with Crippen molar-refractivity contribution in [2.75, 3.05) is 13.2 Å². The third-order valence-electron chi connectivity index (χ3n) is 3.41. The monoisotopic (exact) mass is 233 g/mol. The molecule has 17 heavy (non-hydrogen) atoms. The maximum Gasteiger partial charge on any atom is 0.0468 e. The summed E-state index contributed by atoms with van der Waals surface area (Å²) >= 11 is 0. The molecule has 1 aromatic heterocycles. The van der Waals surface area contributed by atoms with Gasteiger partial charge >= 0.3 is 0 Å². The third kappa shape index (κ3) is 3.53. The molecule has 1 aliphatic heterocycles. The first kappa shape index (κ1) is 12.6. The summed E-state index contributed by atoms with van der Waals surface area (Å²) in [4.78, 5) is 4.80. The van der Waals surface area contributed by atoms with Crippen molar-refractivity contribution in [3.8, 4) is 0 Å². The van der Waals surface area contributed by atoms with Gasteiger partial charge in [-0.05, 0) is 37.3 Å². The molecule has 0 atom stereocenters. The van der Waals surface area contributed by atoms with E-state index in [9.17, 15) is 0 Å². The zero-order valence-electron chi connectivity index (χ0n) is 11.2. The van der Waals surface area contributed by atoms with Crippen molar-refractivity contribution in [1.82, 2.24) is 4.98 Å². The second-order valence-corrected chi connectivity index (χ2v) is 6.02. The molecule has 2 rings (SSSR count). The van der Waals surface area contributed by atoms with E-state index < -0.39 is 0 Å². The maximum absolute atomic E-state index is 5.39. The van der Waals surface area contributed by atoms with E-state index in [0.717, 1.165) is 25.6 Å². The second kappa shape index (κ2) is 5.18. The van der Waals surface area contributed by atoms with Crippen LogP contribution in [0.5, 0.6) is 0 Å². The molecule has 0 amide bonds. The summed E-state index contributed by atoms with van der Waals surface area (Å²) in [5.74, 6) is 0.756. The second-order valence-electron chi connectivity index (χ2n) is 6.02. The van der Waals surface area contributed by atoms with Gasteiger partial charge in [-0.3, -0.25) is 4.98 Å². The highest BCUT2D eigenvalue weighted by Crippen LogP contribution is 2.23. The number of rotatable bonds is 2. The molecule has 1 saturated heterocycles. The number of hydrogen-bond acceptors (Lipinski definition) is 2. The molecule has 2 heteroatoms. The van der Waals surface area contributed by atoms with Gasteiger partial charge in [0, 0.05) is 30.0 Å². The van der Waals surface area contributed by atoms with Gasteiger partial charge in [0.15, 0.2) is 0 Å². The van der Waals surface area contributed by atoms with Gasteiger partial charge in [0.25, 0.3) is 0 Å². The zero-order valence-corrected chi connectivity index (χ0v) is 11.2. The minimum Gasteiger partial charge on any atom is -0.381 e. The van der Waals surface area contributed by atoms with E-state index in [4.69, 9.17) is 9.72 Å². The van der Waals surface area contributed by atoms with Gasteiger partial charge in [-0.15, -0.1) is 0 Å². The summed E-state index contributed by atoms with van der Waals surface area (Å²) in [7, 11) is 0. The Morgan fingerprint density at radius 3 is 2.59 bits per heavy atom. The van der Waals surface area contributed by atoms with Crippen LogP contribution in [0.2, 0.25) is 0 Å². The number of aromatic nitrogens is 1. The number of ether oxygens (including phenoxy) is 1. The smallest absolute Gasteiger partial charge is 0.0468 e. The molecule has 0 N–H and O–H groups in total. The van der Waals surface area contributed by atoms with Crippen LogP contribution in [0, 0.1) is 5.92 Å². The van der Waals surface area contributed by atoms with E-state index in [0.29, 0.717) is 0 Å². The van der Waals surface area contributed by atoms with Crippen molar-refractivity contribution < 1.29 is 4.74 Å². The fourth-order valence-corrected chi connectivity index (χ4v) is 2.26. The van der Waals surface area contributed by atoms with E-state index in [1.54, 1.807) is 0 Å². The molecule has 94 valence electrons. The van der Waals surface area contributed by atoms with Gasteiger partial charge in [0.05, 0.1) is 0 Å². The SMILES string of the molecule is CC(C)(C)c1cccc(CC2CCOCC2)n1. The molecule has 0 unspecified atom stereocenters. The predicted molar refractivity (Wildman–Crippen MR) is 70.2 cm³/mol. The first-order valence-electron chi connectivity index (χ1n) is 6.60. The van der Waals surface area contributed by atoms with Gasteiger partial charge in [-0.1, -0.05) is 26.8 Å². The highest BCUT2D eigenvalue weighted by Gasteiger charge is 2.18. The highest BCUT2D eigenvalue weighted by molar-refractivity contribution is 5.17. The lowest BCUT2D eigenvalue weighted by Crippen LogP contribution is -2.19. The predicted octanol–water partition coefficient (Wildman–Crippen LogP) is 3.35. The molecule has 0 saturated carbocycles. The van der Waals surface area contributed by atoms with E-state index in [2.05, 4.69) is 39.0 Å². The van der Waals surface area contributed by atoms with Crippen molar-refractivity contribution in [2.24, 2.45) is 5.92 Å². The lowest BCUT2D eigenvalue weighted by molar-refractivity contribution is 0.0662. The Labute approximate surface area is 104 Å². The van der Waals surface area contributed by atoms with Crippen molar-refractivity contribution >= 4 is 0 Å². The Morgan fingerprint density at radius 1 is 1.24 bits per heavy atom. The summed E-state index contributed by atoms with van der Waals surface area (Å²) in [6, 6.07) is 6.43. The standard InChI is InChI=1S/C15H23NO/c1-15(2,3)14-6-4-5-13(16-14)11-12-7-9-17-10-8-12/h4-6,12H,7-11H2,1-3H3. The van der Waals surface area contributed by atoms with Gasteiger partial charge in [0.2, 0.25) is 0 Å². The molecule has 2 nitrogen and oxygen atoms in total. The lowest BCUT2D eigenvalue weighted by atomic mass is 9.90. The maximum atomic E-state index is 5.39. The van der Waals surface area contributed by atoms with Crippen LogP contribution in [0.4, 0.5) is 0 Å². The lowest BCUT2D eigenvalue weighted by Gasteiger charge is -2.23. The Bertz CT molecular complexity index is 361. The minimum atomic E-state index is 0.145. The average Bonchev–Trinajstić information content (AvgIpc) is 2.29. The summed E-state index contributed by atoms with van der Waals surface area (Å²) in [5, 5.41) is 0. The normalized spacial score (nSPS) is 18.3. The average molecular weight is 233 g/mol. The number of pyridine rings is 1. The van der Waals surface area contributed by atoms with Gasteiger partial charge < -0.3 is 4.74 Å². The molecular weight excluding hydrogens is 210 g/mol. The summed E-state index contributed by atoms with van der Waals surface area (Å²) in [6.07, 6.45) is 3.47. The van der Waals surface area contributed by atoms with Crippen molar-refractivity contribution in [3.63, 3.8) is 0 Å². The summed E-state index contributed by atoms with van der Waals surface area (Å²) < 4.78 is 5.39. The van der Waals surface area contributed by atoms with Crippen LogP contribution in [0.15, 0.2) is 18.2 Å². The Kier molecular flexibility index (Phi) is 3.82. The summed E-state index contributed by atoms with van der Waals surface area (Å²) in [6.45, 7) is 8.49. The van der Waals surface area contributed by atoms with Crippen LogP contribution in [-0.4, -0.2) is 18.2 Å².